The molecule has 0 saturated heterocycles. The summed E-state index contributed by atoms with van der Waals surface area (Å²) in [6.45, 7) is -1.30. The van der Waals surface area contributed by atoms with Gasteiger partial charge in [-0.15, -0.1) is 0 Å². The Kier molecular flexibility index (Phi) is 5.46. The lowest BCUT2D eigenvalue weighted by atomic mass is 9.93. The summed E-state index contributed by atoms with van der Waals surface area (Å²) in [6, 6.07) is 7.49. The number of nitrogens with one attached hydrogen (secondary N) is 1. The average molecular weight is 337 g/mol. The first kappa shape index (κ1) is 17.2. The number of alkyl halides is 3. The minimum absolute atomic E-state index is 0.147. The molecule has 0 aromatic heterocycles. The molecule has 1 N–H and O–H groups in total. The van der Waals surface area contributed by atoms with E-state index >= 15 is 0 Å². The molecule has 0 unspecified atom stereocenters. The zero-order valence-electron chi connectivity index (χ0n) is 11.8. The van der Waals surface area contributed by atoms with Crippen LogP contribution in [0.3, 0.4) is 0 Å². The molecule has 1 saturated carbocycles. The lowest BCUT2D eigenvalue weighted by molar-refractivity contribution is -0.188. The number of halogens is 3. The van der Waals surface area contributed by atoms with Gasteiger partial charge in [-0.2, -0.15) is 13.2 Å². The fraction of sp³-hybridized carbons (Fsp3) is 0.571. The second kappa shape index (κ2) is 6.97. The Hall–Kier alpha value is -1.12. The summed E-state index contributed by atoms with van der Waals surface area (Å²) >= 11 is 0. The standard InChI is InChI=1S/C14H18F3NO3S/c15-14(16,17)10-21-12-6-4-5-11(9-12)18-22(19,20)13-7-2-1-3-8-13/h1-3,7-8,11-12,18H,4-6,9-10H2/t11-,12-/m0/s1. The topological polar surface area (TPSA) is 55.4 Å². The molecule has 0 bridgehead atoms. The molecule has 8 heteroatoms. The SMILES string of the molecule is O=S(=O)(N[C@H]1CCC[C@H](OCC(F)(F)F)C1)c1ccccc1. The van der Waals surface area contributed by atoms with E-state index in [1.165, 1.54) is 12.1 Å². The summed E-state index contributed by atoms with van der Waals surface area (Å²) < 4.78 is 68.3. The van der Waals surface area contributed by atoms with Crippen LogP contribution in [0.5, 0.6) is 0 Å². The van der Waals surface area contributed by atoms with Gasteiger partial charge in [-0.3, -0.25) is 0 Å². The third-order valence-electron chi connectivity index (χ3n) is 3.48. The highest BCUT2D eigenvalue weighted by Gasteiger charge is 2.32. The molecule has 1 aliphatic carbocycles. The number of sulfonamides is 1. The first-order valence-electron chi connectivity index (χ1n) is 7.02. The predicted octanol–water partition coefficient (Wildman–Crippen LogP) is 2.86. The molecule has 4 nitrogen and oxygen atoms in total. The lowest BCUT2D eigenvalue weighted by Gasteiger charge is -2.29. The van der Waals surface area contributed by atoms with Crippen LogP contribution in [0.1, 0.15) is 25.7 Å². The molecule has 1 aromatic rings. The van der Waals surface area contributed by atoms with Gasteiger partial charge < -0.3 is 4.74 Å². The van der Waals surface area contributed by atoms with Gasteiger partial charge in [0.2, 0.25) is 10.0 Å². The van der Waals surface area contributed by atoms with Gasteiger partial charge in [-0.25, -0.2) is 13.1 Å². The van der Waals surface area contributed by atoms with Crippen molar-refractivity contribution in [3.05, 3.63) is 30.3 Å². The van der Waals surface area contributed by atoms with Crippen molar-refractivity contribution >= 4 is 10.0 Å². The minimum Gasteiger partial charge on any atom is -0.369 e. The molecule has 22 heavy (non-hydrogen) atoms. The Bertz CT molecular complexity index is 575. The third-order valence-corrected chi connectivity index (χ3v) is 5.02. The highest BCUT2D eigenvalue weighted by Crippen LogP contribution is 2.25. The first-order chi connectivity index (χ1) is 10.3. The van der Waals surface area contributed by atoms with E-state index in [2.05, 4.69) is 4.72 Å². The van der Waals surface area contributed by atoms with Crippen molar-refractivity contribution < 1.29 is 26.3 Å². The monoisotopic (exact) mass is 337 g/mol. The van der Waals surface area contributed by atoms with E-state index in [0.29, 0.717) is 19.3 Å². The summed E-state index contributed by atoms with van der Waals surface area (Å²) in [5.74, 6) is 0. The van der Waals surface area contributed by atoms with Gasteiger partial charge in [-0.05, 0) is 37.8 Å². The van der Waals surface area contributed by atoms with E-state index in [0.717, 1.165) is 0 Å². The normalized spacial score (nSPS) is 23.4. The van der Waals surface area contributed by atoms with Crippen molar-refractivity contribution in [3.8, 4) is 0 Å². The molecule has 2 atom stereocenters. The number of rotatable bonds is 5. The lowest BCUT2D eigenvalue weighted by Crippen LogP contribution is -2.41. The van der Waals surface area contributed by atoms with Gasteiger partial charge in [0.05, 0.1) is 11.0 Å². The van der Waals surface area contributed by atoms with Crippen molar-refractivity contribution in [2.75, 3.05) is 6.61 Å². The molecule has 124 valence electrons. The van der Waals surface area contributed by atoms with Crippen LogP contribution in [-0.4, -0.2) is 33.3 Å². The highest BCUT2D eigenvalue weighted by atomic mass is 32.2. The van der Waals surface area contributed by atoms with Crippen LogP contribution in [0.4, 0.5) is 13.2 Å². The van der Waals surface area contributed by atoms with E-state index < -0.39 is 35.0 Å². The zero-order chi connectivity index (χ0) is 16.2. The highest BCUT2D eigenvalue weighted by molar-refractivity contribution is 7.89. The maximum Gasteiger partial charge on any atom is 0.411 e. The van der Waals surface area contributed by atoms with Crippen LogP contribution in [0.2, 0.25) is 0 Å². The summed E-state index contributed by atoms with van der Waals surface area (Å²) in [7, 11) is -3.65. The second-order valence-corrected chi connectivity index (χ2v) is 7.06. The summed E-state index contributed by atoms with van der Waals surface area (Å²) in [6.07, 6.45) is -2.94. The molecule has 0 radical (unpaired) electrons. The average Bonchev–Trinajstić information content (AvgIpc) is 2.45. The van der Waals surface area contributed by atoms with Crippen LogP contribution >= 0.6 is 0 Å². The Balaban J connectivity index is 1.93. The molecular weight excluding hydrogens is 319 g/mol. The summed E-state index contributed by atoms with van der Waals surface area (Å²) in [5, 5.41) is 0. The molecular formula is C14H18F3NO3S. The maximum absolute atomic E-state index is 12.2. The fourth-order valence-corrected chi connectivity index (χ4v) is 3.81. The Morgan fingerprint density at radius 3 is 2.50 bits per heavy atom. The van der Waals surface area contributed by atoms with Gasteiger partial charge in [0.1, 0.15) is 6.61 Å². The Morgan fingerprint density at radius 2 is 1.86 bits per heavy atom. The van der Waals surface area contributed by atoms with Crippen LogP contribution < -0.4 is 4.72 Å². The van der Waals surface area contributed by atoms with E-state index in [1.54, 1.807) is 18.2 Å². The van der Waals surface area contributed by atoms with E-state index in [9.17, 15) is 21.6 Å². The number of ether oxygens (including phenoxy) is 1. The molecule has 1 fully saturated rings. The second-order valence-electron chi connectivity index (χ2n) is 5.35. The molecule has 1 aromatic carbocycles. The van der Waals surface area contributed by atoms with E-state index in [4.69, 9.17) is 4.74 Å². The third kappa shape index (κ3) is 5.26. The van der Waals surface area contributed by atoms with Crippen molar-refractivity contribution in [2.45, 2.75) is 48.9 Å². The van der Waals surface area contributed by atoms with Crippen LogP contribution in [0, 0.1) is 0 Å². The Labute approximate surface area is 127 Å². The molecule has 0 amide bonds. The van der Waals surface area contributed by atoms with Crippen molar-refractivity contribution in [1.29, 1.82) is 0 Å². The van der Waals surface area contributed by atoms with Gasteiger partial charge in [0.25, 0.3) is 0 Å². The molecule has 0 heterocycles. The van der Waals surface area contributed by atoms with Gasteiger partial charge in [0.15, 0.2) is 0 Å². The van der Waals surface area contributed by atoms with Gasteiger partial charge in [-0.1, -0.05) is 18.2 Å². The molecule has 2 rings (SSSR count). The van der Waals surface area contributed by atoms with Crippen LogP contribution in [0.15, 0.2) is 35.2 Å². The number of hydrogen-bond donors (Lipinski definition) is 1. The number of benzene rings is 1. The summed E-state index contributed by atoms with van der Waals surface area (Å²) in [5.41, 5.74) is 0. The van der Waals surface area contributed by atoms with Crippen molar-refractivity contribution in [1.82, 2.24) is 4.72 Å². The minimum atomic E-state index is -4.36. The fourth-order valence-electron chi connectivity index (χ4n) is 2.50. The Morgan fingerprint density at radius 1 is 1.18 bits per heavy atom. The van der Waals surface area contributed by atoms with Gasteiger partial charge in [0, 0.05) is 6.04 Å². The molecule has 0 aliphatic heterocycles. The zero-order valence-corrected chi connectivity index (χ0v) is 12.7. The maximum atomic E-state index is 12.2. The predicted molar refractivity (Wildman–Crippen MR) is 74.8 cm³/mol. The van der Waals surface area contributed by atoms with E-state index in [-0.39, 0.29) is 11.3 Å². The molecule has 1 aliphatic rings. The first-order valence-corrected chi connectivity index (χ1v) is 8.50. The largest absolute Gasteiger partial charge is 0.411 e. The van der Waals surface area contributed by atoms with Crippen molar-refractivity contribution in [3.63, 3.8) is 0 Å². The van der Waals surface area contributed by atoms with E-state index in [1.807, 2.05) is 0 Å². The van der Waals surface area contributed by atoms with Crippen LogP contribution in [-0.2, 0) is 14.8 Å². The number of hydrogen-bond acceptors (Lipinski definition) is 3. The van der Waals surface area contributed by atoms with Gasteiger partial charge >= 0.3 is 6.18 Å². The molecule has 0 spiro atoms. The summed E-state index contributed by atoms with van der Waals surface area (Å²) in [4.78, 5) is 0.147. The smallest absolute Gasteiger partial charge is 0.369 e. The quantitative estimate of drug-likeness (QED) is 0.899. The van der Waals surface area contributed by atoms with Crippen molar-refractivity contribution in [2.24, 2.45) is 0 Å². The van der Waals surface area contributed by atoms with Crippen LogP contribution in [0.25, 0.3) is 0 Å².